The first-order valence-corrected chi connectivity index (χ1v) is 10.3. The number of ketones is 1. The summed E-state index contributed by atoms with van der Waals surface area (Å²) in [6.45, 7) is -0.652. The van der Waals surface area contributed by atoms with E-state index in [1.165, 1.54) is 25.3 Å². The molecule has 6 atom stereocenters. The summed E-state index contributed by atoms with van der Waals surface area (Å²) in [4.78, 5) is 12.7. The van der Waals surface area contributed by atoms with Crippen LogP contribution in [0.25, 0.3) is 0 Å². The Morgan fingerprint density at radius 2 is 1.65 bits per heavy atom. The first kappa shape index (κ1) is 23.9. The van der Waals surface area contributed by atoms with Gasteiger partial charge in [0.05, 0.1) is 20.1 Å². The number of benzene rings is 2. The van der Waals surface area contributed by atoms with Crippen LogP contribution in [0, 0.1) is 0 Å². The topological polar surface area (TPSA) is 196 Å². The van der Waals surface area contributed by atoms with Gasteiger partial charge in [-0.1, -0.05) is 0 Å². The Hall–Kier alpha value is -3.29. The quantitative estimate of drug-likeness (QED) is 0.295. The van der Waals surface area contributed by atoms with Crippen LogP contribution in [0.5, 0.6) is 34.5 Å². The zero-order valence-electron chi connectivity index (χ0n) is 17.9. The summed E-state index contributed by atoms with van der Waals surface area (Å²) in [5, 5.41) is 69.8. The van der Waals surface area contributed by atoms with Crippen molar-refractivity contribution in [2.75, 3.05) is 13.7 Å². The van der Waals surface area contributed by atoms with Gasteiger partial charge in [-0.15, -0.1) is 0 Å². The van der Waals surface area contributed by atoms with Crippen molar-refractivity contribution in [3.8, 4) is 34.5 Å². The number of ether oxygens (including phenoxy) is 4. The number of aromatic hydroxyl groups is 3. The van der Waals surface area contributed by atoms with Gasteiger partial charge in [0, 0.05) is 17.7 Å². The Morgan fingerprint density at radius 3 is 2.26 bits per heavy atom. The minimum Gasteiger partial charge on any atom is -0.507 e. The molecule has 184 valence electrons. The lowest BCUT2D eigenvalue weighted by molar-refractivity contribution is -0.277. The second-order valence-electron chi connectivity index (χ2n) is 7.96. The minimum atomic E-state index is -1.68. The number of aliphatic hydroxyl groups excluding tert-OH is 4. The standard InChI is InChI=1S/C22H24O12/c1-31-21-12(26)2-8(3-13(21)27)14-6-11(25)17-10(24)4-9(5-15(17)33-14)32-22-20(30)19(29)18(28)16(7-23)34-22/h2-5,14,16,18-20,22-24,26-30H,6-7H2,1H3. The number of hydrogen-bond donors (Lipinski definition) is 7. The largest absolute Gasteiger partial charge is 0.507 e. The van der Waals surface area contributed by atoms with Gasteiger partial charge in [-0.05, 0) is 12.1 Å². The zero-order valence-corrected chi connectivity index (χ0v) is 17.9. The van der Waals surface area contributed by atoms with E-state index in [2.05, 4.69) is 0 Å². The molecule has 2 heterocycles. The van der Waals surface area contributed by atoms with Crippen LogP contribution in [0.15, 0.2) is 24.3 Å². The van der Waals surface area contributed by atoms with Crippen LogP contribution in [-0.4, -0.2) is 86.0 Å². The van der Waals surface area contributed by atoms with E-state index in [0.717, 1.165) is 6.07 Å². The van der Waals surface area contributed by atoms with Crippen LogP contribution >= 0.6 is 0 Å². The summed E-state index contributed by atoms with van der Waals surface area (Å²) >= 11 is 0. The predicted octanol–water partition coefficient (Wildman–Crippen LogP) is -0.303. The van der Waals surface area contributed by atoms with E-state index in [-0.39, 0.29) is 46.3 Å². The molecule has 2 aliphatic heterocycles. The number of carbonyl (C=O) groups excluding carboxylic acids is 1. The molecule has 0 spiro atoms. The summed E-state index contributed by atoms with van der Waals surface area (Å²) in [7, 11) is 1.27. The lowest BCUT2D eigenvalue weighted by Crippen LogP contribution is -2.60. The fraction of sp³-hybridized carbons (Fsp3) is 0.409. The Morgan fingerprint density at radius 1 is 0.971 bits per heavy atom. The number of aliphatic hydroxyl groups is 4. The SMILES string of the molecule is COc1c(O)cc(C2CC(=O)c3c(O)cc(OC4OC(CO)C(O)C(O)C4O)cc3O2)cc1O. The number of phenols is 3. The molecular formula is C22H24O12. The van der Waals surface area contributed by atoms with Gasteiger partial charge in [0.15, 0.2) is 17.3 Å². The van der Waals surface area contributed by atoms with E-state index in [0.29, 0.717) is 0 Å². The molecule has 4 rings (SSSR count). The number of rotatable bonds is 5. The van der Waals surface area contributed by atoms with Crippen LogP contribution < -0.4 is 14.2 Å². The van der Waals surface area contributed by atoms with Crippen LogP contribution in [0.2, 0.25) is 0 Å². The van der Waals surface area contributed by atoms with Crippen molar-refractivity contribution >= 4 is 5.78 Å². The zero-order chi connectivity index (χ0) is 24.7. The van der Waals surface area contributed by atoms with Crippen LogP contribution in [-0.2, 0) is 4.74 Å². The molecule has 0 saturated carbocycles. The normalized spacial score (nSPS) is 28.7. The molecule has 0 amide bonds. The number of fused-ring (bicyclic) bond motifs is 1. The minimum absolute atomic E-state index is 0.0735. The van der Waals surface area contributed by atoms with Gasteiger partial charge < -0.3 is 54.7 Å². The van der Waals surface area contributed by atoms with Gasteiger partial charge in [-0.3, -0.25) is 4.79 Å². The number of Topliss-reactive ketones (excluding diaryl/α,β-unsaturated/α-hetero) is 1. The fourth-order valence-electron chi connectivity index (χ4n) is 3.98. The Balaban J connectivity index is 1.62. The molecule has 1 fully saturated rings. The third kappa shape index (κ3) is 4.17. The van der Waals surface area contributed by atoms with Crippen molar-refractivity contribution in [2.24, 2.45) is 0 Å². The van der Waals surface area contributed by atoms with Crippen molar-refractivity contribution < 1.29 is 59.5 Å². The highest BCUT2D eigenvalue weighted by Gasteiger charge is 2.45. The van der Waals surface area contributed by atoms with E-state index in [1.807, 2.05) is 0 Å². The second-order valence-corrected chi connectivity index (χ2v) is 7.96. The summed E-state index contributed by atoms with van der Waals surface area (Å²) in [6.07, 6.45) is -8.76. The van der Waals surface area contributed by atoms with Gasteiger partial charge in [0.2, 0.25) is 12.0 Å². The predicted molar refractivity (Wildman–Crippen MR) is 111 cm³/mol. The third-order valence-corrected chi connectivity index (χ3v) is 5.72. The monoisotopic (exact) mass is 480 g/mol. The summed E-state index contributed by atoms with van der Waals surface area (Å²) in [6, 6.07) is 4.89. The summed E-state index contributed by atoms with van der Waals surface area (Å²) in [5.41, 5.74) is 0.161. The van der Waals surface area contributed by atoms with Crippen molar-refractivity contribution in [1.29, 1.82) is 0 Å². The first-order chi connectivity index (χ1) is 16.1. The van der Waals surface area contributed by atoms with E-state index >= 15 is 0 Å². The molecule has 7 N–H and O–H groups in total. The molecule has 12 heteroatoms. The molecule has 6 unspecified atom stereocenters. The lowest BCUT2D eigenvalue weighted by atomic mass is 9.95. The highest BCUT2D eigenvalue weighted by atomic mass is 16.7. The number of hydrogen-bond acceptors (Lipinski definition) is 12. The summed E-state index contributed by atoms with van der Waals surface area (Å²) in [5.74, 6) is -1.98. The molecule has 0 aromatic heterocycles. The number of phenolic OH excluding ortho intramolecular Hbond substituents is 3. The molecule has 0 radical (unpaired) electrons. The van der Waals surface area contributed by atoms with Gasteiger partial charge in [0.1, 0.15) is 53.3 Å². The van der Waals surface area contributed by atoms with Gasteiger partial charge >= 0.3 is 0 Å². The van der Waals surface area contributed by atoms with Crippen LogP contribution in [0.4, 0.5) is 0 Å². The average molecular weight is 480 g/mol. The van der Waals surface area contributed by atoms with E-state index in [1.54, 1.807) is 0 Å². The maximum Gasteiger partial charge on any atom is 0.229 e. The molecule has 0 aliphatic carbocycles. The van der Waals surface area contributed by atoms with E-state index in [9.17, 15) is 40.5 Å². The molecule has 0 bridgehead atoms. The van der Waals surface area contributed by atoms with Gasteiger partial charge in [0.25, 0.3) is 0 Å². The molecule has 1 saturated heterocycles. The van der Waals surface area contributed by atoms with Gasteiger partial charge in [-0.2, -0.15) is 0 Å². The Kier molecular flexibility index (Phi) is 6.43. The molecule has 2 aromatic carbocycles. The number of methoxy groups -OCH3 is 1. The van der Waals surface area contributed by atoms with Crippen LogP contribution in [0.1, 0.15) is 28.4 Å². The Labute approximate surface area is 192 Å². The van der Waals surface area contributed by atoms with Crippen LogP contribution in [0.3, 0.4) is 0 Å². The smallest absolute Gasteiger partial charge is 0.229 e. The average Bonchev–Trinajstić information content (AvgIpc) is 2.78. The second kappa shape index (κ2) is 9.16. The fourth-order valence-corrected chi connectivity index (χ4v) is 3.98. The maximum absolute atomic E-state index is 12.7. The van der Waals surface area contributed by atoms with Crippen molar-refractivity contribution in [2.45, 2.75) is 43.2 Å². The molecule has 2 aliphatic rings. The Bertz CT molecular complexity index is 1060. The molecule has 12 nitrogen and oxygen atoms in total. The maximum atomic E-state index is 12.7. The lowest BCUT2D eigenvalue weighted by Gasteiger charge is -2.39. The van der Waals surface area contributed by atoms with E-state index < -0.39 is 54.9 Å². The highest BCUT2D eigenvalue weighted by Crippen LogP contribution is 2.45. The highest BCUT2D eigenvalue weighted by molar-refractivity contribution is 6.02. The summed E-state index contributed by atoms with van der Waals surface area (Å²) < 4.78 is 21.5. The number of carbonyl (C=O) groups is 1. The molecule has 2 aromatic rings. The van der Waals surface area contributed by atoms with Crippen molar-refractivity contribution in [3.63, 3.8) is 0 Å². The molecule has 34 heavy (non-hydrogen) atoms. The molecular weight excluding hydrogens is 456 g/mol. The first-order valence-electron chi connectivity index (χ1n) is 10.3. The third-order valence-electron chi connectivity index (χ3n) is 5.72. The van der Waals surface area contributed by atoms with Crippen molar-refractivity contribution in [1.82, 2.24) is 0 Å². The van der Waals surface area contributed by atoms with E-state index in [4.69, 9.17) is 18.9 Å². The van der Waals surface area contributed by atoms with Crippen molar-refractivity contribution in [3.05, 3.63) is 35.4 Å². The van der Waals surface area contributed by atoms with Gasteiger partial charge in [-0.25, -0.2) is 0 Å².